The molecule has 2 heteroatoms. The van der Waals surface area contributed by atoms with Crippen molar-refractivity contribution >= 4 is 11.6 Å². The van der Waals surface area contributed by atoms with Gasteiger partial charge in [-0.15, -0.1) is 0 Å². The normalized spacial score (nSPS) is 13.5. The average Bonchev–Trinajstić information content (AvgIpc) is 2.71. The summed E-state index contributed by atoms with van der Waals surface area (Å²) in [7, 11) is 0. The van der Waals surface area contributed by atoms with Gasteiger partial charge in [-0.25, -0.2) is 0 Å². The molecule has 0 fully saturated rings. The fraction of sp³-hybridized carbons (Fsp3) is 0.185. The van der Waals surface area contributed by atoms with Crippen molar-refractivity contribution in [2.45, 2.75) is 33.6 Å². The summed E-state index contributed by atoms with van der Waals surface area (Å²) in [4.78, 5) is 26.3. The first-order valence-electron chi connectivity index (χ1n) is 9.91. The molecule has 0 unspecified atom stereocenters. The highest BCUT2D eigenvalue weighted by molar-refractivity contribution is 6.25. The fourth-order valence-corrected chi connectivity index (χ4v) is 3.99. The van der Waals surface area contributed by atoms with Crippen LogP contribution in [0.1, 0.15) is 60.0 Å². The van der Waals surface area contributed by atoms with Crippen LogP contribution in [0.15, 0.2) is 72.3 Å². The Hall–Kier alpha value is -3.26. The molecule has 0 aromatic heterocycles. The van der Waals surface area contributed by atoms with E-state index in [0.717, 1.165) is 11.1 Å². The number of Topliss-reactive ketones (excluding diaryl/α,β-unsaturated/α-hetero) is 1. The summed E-state index contributed by atoms with van der Waals surface area (Å²) >= 11 is 0. The van der Waals surface area contributed by atoms with Crippen molar-refractivity contribution in [3.8, 4) is 0 Å². The number of hydrogen-bond acceptors (Lipinski definition) is 2. The van der Waals surface area contributed by atoms with Crippen LogP contribution < -0.4 is 0 Å². The number of ketones is 2. The van der Waals surface area contributed by atoms with Gasteiger partial charge in [-0.2, -0.15) is 0 Å². The molecule has 1 aliphatic rings. The van der Waals surface area contributed by atoms with Crippen molar-refractivity contribution in [3.05, 3.63) is 117 Å². The zero-order chi connectivity index (χ0) is 20.7. The molecule has 0 N–H and O–H groups in total. The van der Waals surface area contributed by atoms with Gasteiger partial charge in [-0.1, -0.05) is 60.7 Å². The maximum atomic E-state index is 13.4. The summed E-state index contributed by atoms with van der Waals surface area (Å²) in [6.07, 6.45) is 1.54. The molecule has 0 atom stereocenters. The van der Waals surface area contributed by atoms with E-state index in [4.69, 9.17) is 0 Å². The molecule has 1 aliphatic carbocycles. The molecular weight excluding hydrogens is 356 g/mol. The maximum Gasteiger partial charge on any atom is 0.190 e. The topological polar surface area (TPSA) is 34.1 Å². The van der Waals surface area contributed by atoms with Gasteiger partial charge in [0.05, 0.1) is 0 Å². The van der Waals surface area contributed by atoms with E-state index in [-0.39, 0.29) is 17.5 Å². The molecule has 0 saturated heterocycles. The van der Waals surface area contributed by atoms with Crippen molar-refractivity contribution in [2.24, 2.45) is 0 Å². The van der Waals surface area contributed by atoms with Crippen LogP contribution in [0.4, 0.5) is 0 Å². The summed E-state index contributed by atoms with van der Waals surface area (Å²) in [6, 6.07) is 19.7. The van der Waals surface area contributed by atoms with Crippen LogP contribution in [-0.2, 0) is 0 Å². The largest absolute Gasteiger partial charge is 0.289 e. The SMILES string of the molecule is Cc1ccc(C(C2=CC(=O)c3ccccc3C2=O)c2ccc(C)c(C)c2)cc1C. The molecule has 0 bridgehead atoms. The second-order valence-electron chi connectivity index (χ2n) is 7.96. The predicted molar refractivity (Wildman–Crippen MR) is 117 cm³/mol. The zero-order valence-electron chi connectivity index (χ0n) is 17.2. The van der Waals surface area contributed by atoms with E-state index in [1.54, 1.807) is 24.3 Å². The Bertz CT molecular complexity index is 1130. The first kappa shape index (κ1) is 19.1. The van der Waals surface area contributed by atoms with Gasteiger partial charge >= 0.3 is 0 Å². The fourth-order valence-electron chi connectivity index (χ4n) is 3.99. The number of carbonyl (C=O) groups excluding carboxylic acids is 2. The quantitative estimate of drug-likeness (QED) is 0.554. The molecule has 3 aromatic carbocycles. The highest BCUT2D eigenvalue weighted by Gasteiger charge is 2.32. The Balaban J connectivity index is 1.93. The number of carbonyl (C=O) groups is 2. The third-order valence-corrected chi connectivity index (χ3v) is 6.03. The second-order valence-corrected chi connectivity index (χ2v) is 7.96. The minimum absolute atomic E-state index is 0.0679. The van der Waals surface area contributed by atoms with E-state index in [9.17, 15) is 9.59 Å². The molecule has 0 amide bonds. The van der Waals surface area contributed by atoms with Crippen molar-refractivity contribution < 1.29 is 9.59 Å². The summed E-state index contributed by atoms with van der Waals surface area (Å²) < 4.78 is 0. The van der Waals surface area contributed by atoms with Crippen molar-refractivity contribution in [1.29, 1.82) is 0 Å². The van der Waals surface area contributed by atoms with Gasteiger partial charge in [0.25, 0.3) is 0 Å². The first-order chi connectivity index (χ1) is 13.9. The van der Waals surface area contributed by atoms with E-state index in [0.29, 0.717) is 16.7 Å². The van der Waals surface area contributed by atoms with Crippen molar-refractivity contribution in [2.75, 3.05) is 0 Å². The van der Waals surface area contributed by atoms with Crippen LogP contribution in [-0.4, -0.2) is 11.6 Å². The third kappa shape index (κ3) is 3.36. The number of aryl methyl sites for hydroxylation is 4. The minimum atomic E-state index is -0.279. The van der Waals surface area contributed by atoms with E-state index in [1.807, 2.05) is 6.07 Å². The maximum absolute atomic E-state index is 13.4. The Labute approximate surface area is 171 Å². The molecule has 0 radical (unpaired) electrons. The summed E-state index contributed by atoms with van der Waals surface area (Å²) in [5, 5.41) is 0. The van der Waals surface area contributed by atoms with Gasteiger partial charge in [0.1, 0.15) is 0 Å². The molecule has 29 heavy (non-hydrogen) atoms. The van der Waals surface area contributed by atoms with E-state index >= 15 is 0 Å². The number of allylic oxidation sites excluding steroid dienone is 2. The smallest absolute Gasteiger partial charge is 0.190 e. The third-order valence-electron chi connectivity index (χ3n) is 6.03. The lowest BCUT2D eigenvalue weighted by atomic mass is 9.76. The van der Waals surface area contributed by atoms with Crippen molar-refractivity contribution in [3.63, 3.8) is 0 Å². The van der Waals surface area contributed by atoms with Gasteiger partial charge in [-0.3, -0.25) is 9.59 Å². The van der Waals surface area contributed by atoms with Gasteiger partial charge in [-0.05, 0) is 67.2 Å². The number of rotatable bonds is 3. The van der Waals surface area contributed by atoms with Crippen LogP contribution in [0.2, 0.25) is 0 Å². The van der Waals surface area contributed by atoms with Crippen LogP contribution in [0, 0.1) is 27.7 Å². The van der Waals surface area contributed by atoms with E-state index < -0.39 is 0 Å². The first-order valence-corrected chi connectivity index (χ1v) is 9.91. The summed E-state index contributed by atoms with van der Waals surface area (Å²) in [6.45, 7) is 8.31. The minimum Gasteiger partial charge on any atom is -0.289 e. The van der Waals surface area contributed by atoms with Gasteiger partial charge in [0.15, 0.2) is 11.6 Å². The zero-order valence-corrected chi connectivity index (χ0v) is 17.2. The second kappa shape index (κ2) is 7.29. The van der Waals surface area contributed by atoms with E-state index in [2.05, 4.69) is 64.1 Å². The van der Waals surface area contributed by atoms with Gasteiger partial charge in [0, 0.05) is 22.6 Å². The highest BCUT2D eigenvalue weighted by atomic mass is 16.1. The molecule has 144 valence electrons. The molecule has 0 aliphatic heterocycles. The lowest BCUT2D eigenvalue weighted by Gasteiger charge is -2.25. The van der Waals surface area contributed by atoms with Crippen LogP contribution >= 0.6 is 0 Å². The average molecular weight is 380 g/mol. The molecule has 2 nitrogen and oxygen atoms in total. The highest BCUT2D eigenvalue weighted by Crippen LogP contribution is 2.38. The predicted octanol–water partition coefficient (Wildman–Crippen LogP) is 6.06. The number of fused-ring (bicyclic) bond motifs is 1. The molecule has 0 spiro atoms. The monoisotopic (exact) mass is 380 g/mol. The lowest BCUT2D eigenvalue weighted by Crippen LogP contribution is -2.22. The summed E-state index contributed by atoms with van der Waals surface area (Å²) in [5.41, 5.74) is 8.34. The van der Waals surface area contributed by atoms with Crippen LogP contribution in [0.5, 0.6) is 0 Å². The molecule has 3 aromatic rings. The van der Waals surface area contributed by atoms with E-state index in [1.165, 1.54) is 22.3 Å². The van der Waals surface area contributed by atoms with Gasteiger partial charge < -0.3 is 0 Å². The number of hydrogen-bond donors (Lipinski definition) is 0. The Kier molecular flexibility index (Phi) is 4.79. The lowest BCUT2D eigenvalue weighted by molar-refractivity contribution is 0.0980. The Morgan fingerprint density at radius 1 is 0.621 bits per heavy atom. The molecule has 0 saturated carbocycles. The van der Waals surface area contributed by atoms with Gasteiger partial charge in [0.2, 0.25) is 0 Å². The number of benzene rings is 3. The molecule has 4 rings (SSSR count). The standard InChI is InChI=1S/C27H24O2/c1-16-9-11-20(13-18(16)3)26(21-12-10-17(2)19(4)14-21)24-15-25(28)22-7-5-6-8-23(22)27(24)29/h5-15,26H,1-4H3. The van der Waals surface area contributed by atoms with Crippen LogP contribution in [0.25, 0.3) is 0 Å². The Morgan fingerprint density at radius 3 is 1.66 bits per heavy atom. The molecule has 0 heterocycles. The Morgan fingerprint density at radius 2 is 1.14 bits per heavy atom. The van der Waals surface area contributed by atoms with Crippen molar-refractivity contribution in [1.82, 2.24) is 0 Å². The van der Waals surface area contributed by atoms with Crippen LogP contribution in [0.3, 0.4) is 0 Å². The molecular formula is C27H24O2. The summed E-state index contributed by atoms with van der Waals surface area (Å²) in [5.74, 6) is -0.451.